The molecule has 5 heteroatoms. The molecule has 0 aliphatic rings. The normalized spacial score (nSPS) is 8.11. The fourth-order valence-corrected chi connectivity index (χ4v) is 0.494. The molecule has 1 aromatic rings. The van der Waals surface area contributed by atoms with Crippen molar-refractivity contribution in [1.29, 1.82) is 0 Å². The number of hydrogen-bond acceptors (Lipinski definition) is 3. The van der Waals surface area contributed by atoms with Crippen LogP contribution in [-0.2, 0) is 19.5 Å². The van der Waals surface area contributed by atoms with Gasteiger partial charge in [0.2, 0.25) is 5.95 Å². The van der Waals surface area contributed by atoms with E-state index >= 15 is 0 Å². The molecule has 1 rings (SSSR count). The molecule has 1 aromatic heterocycles. The summed E-state index contributed by atoms with van der Waals surface area (Å²) in [6.07, 6.45) is 1.50. The molecular weight excluding hydrogens is 191 g/mol. The molecule has 0 radical (unpaired) electrons. The number of nitrogens with zero attached hydrogens (tertiary/aromatic N) is 2. The van der Waals surface area contributed by atoms with Crippen molar-refractivity contribution in [2.75, 3.05) is 5.73 Å². The van der Waals surface area contributed by atoms with Crippen molar-refractivity contribution in [3.05, 3.63) is 17.4 Å². The smallest absolute Gasteiger partial charge is 0.221 e. The maximum Gasteiger partial charge on any atom is 0.221 e. The monoisotopic (exact) mass is 193 g/mol. The second-order valence-electron chi connectivity index (χ2n) is 1.24. The van der Waals surface area contributed by atoms with Crippen molar-refractivity contribution >= 4 is 17.5 Å². The maximum absolute atomic E-state index is 5.41. The van der Waals surface area contributed by atoms with Crippen molar-refractivity contribution in [1.82, 2.24) is 9.97 Å². The molecule has 0 fully saturated rings. The molecule has 2 N–H and O–H groups in total. The molecule has 0 atom stereocenters. The van der Waals surface area contributed by atoms with Gasteiger partial charge in [0, 0.05) is 25.7 Å². The molecule has 0 aliphatic carbocycles. The molecule has 0 saturated heterocycles. The molecule has 1 heterocycles. The van der Waals surface area contributed by atoms with Gasteiger partial charge >= 0.3 is 0 Å². The van der Waals surface area contributed by atoms with E-state index in [4.69, 9.17) is 17.3 Å². The quantitative estimate of drug-likeness (QED) is 0.489. The third kappa shape index (κ3) is 2.73. The third-order valence-corrected chi connectivity index (χ3v) is 0.851. The Bertz CT molecular complexity index is 176. The van der Waals surface area contributed by atoms with Gasteiger partial charge in [0.1, 0.15) is 5.15 Å². The summed E-state index contributed by atoms with van der Waals surface area (Å²) in [6, 6.07) is 1.57. The van der Waals surface area contributed by atoms with E-state index in [0.717, 1.165) is 0 Å². The van der Waals surface area contributed by atoms with Crippen molar-refractivity contribution in [3.8, 4) is 0 Å². The Hall–Kier alpha value is -0.207. The topological polar surface area (TPSA) is 51.8 Å². The summed E-state index contributed by atoms with van der Waals surface area (Å²) in [5.41, 5.74) is 5.15. The van der Waals surface area contributed by atoms with Gasteiger partial charge < -0.3 is 5.73 Å². The van der Waals surface area contributed by atoms with E-state index in [-0.39, 0.29) is 25.4 Å². The zero-order chi connectivity index (χ0) is 5.98. The largest absolute Gasteiger partial charge is 0.368 e. The molecule has 0 bridgehead atoms. The van der Waals surface area contributed by atoms with Crippen molar-refractivity contribution in [2.45, 2.75) is 0 Å². The van der Waals surface area contributed by atoms with Crippen LogP contribution in [0, 0.1) is 0 Å². The summed E-state index contributed by atoms with van der Waals surface area (Å²) >= 11 is 5.41. The Labute approximate surface area is 70.4 Å². The van der Waals surface area contributed by atoms with Crippen LogP contribution in [0.15, 0.2) is 12.3 Å². The second kappa shape index (κ2) is 3.75. The first-order valence-corrected chi connectivity index (χ1v) is 2.41. The molecule has 0 spiro atoms. The van der Waals surface area contributed by atoms with Crippen LogP contribution >= 0.6 is 11.6 Å². The maximum atomic E-state index is 5.41. The van der Waals surface area contributed by atoms with Crippen LogP contribution < -0.4 is 5.73 Å². The molecule has 44 valence electrons. The minimum absolute atomic E-state index is 0. The van der Waals surface area contributed by atoms with Crippen LogP contribution in [0.3, 0.4) is 0 Å². The molecule has 0 unspecified atom stereocenters. The van der Waals surface area contributed by atoms with Gasteiger partial charge in [-0.15, -0.1) is 0 Å². The van der Waals surface area contributed by atoms with E-state index in [1.54, 1.807) is 6.07 Å². The molecule has 3 nitrogen and oxygen atoms in total. The minimum Gasteiger partial charge on any atom is -0.368 e. The Balaban J connectivity index is 0.000000640. The molecule has 0 saturated carbocycles. The number of nitrogen functional groups attached to an aromatic ring is 1. The van der Waals surface area contributed by atoms with E-state index in [9.17, 15) is 0 Å². The molecule has 0 aromatic carbocycles. The van der Waals surface area contributed by atoms with Gasteiger partial charge in [0.15, 0.2) is 0 Å². The van der Waals surface area contributed by atoms with Gasteiger partial charge in [-0.2, -0.15) is 0 Å². The summed E-state index contributed by atoms with van der Waals surface area (Å²) in [7, 11) is 0. The summed E-state index contributed by atoms with van der Waals surface area (Å²) in [4.78, 5) is 7.23. The van der Waals surface area contributed by atoms with Crippen LogP contribution in [0.1, 0.15) is 0 Å². The van der Waals surface area contributed by atoms with Crippen molar-refractivity contribution in [3.63, 3.8) is 0 Å². The molecule has 0 amide bonds. The van der Waals surface area contributed by atoms with Gasteiger partial charge in [0.05, 0.1) is 0 Å². The average Bonchev–Trinajstić information content (AvgIpc) is 1.64. The van der Waals surface area contributed by atoms with Crippen molar-refractivity contribution in [2.24, 2.45) is 0 Å². The van der Waals surface area contributed by atoms with E-state index in [2.05, 4.69) is 9.97 Å². The number of aromatic nitrogens is 2. The summed E-state index contributed by atoms with van der Waals surface area (Å²) in [5.74, 6) is 0.206. The number of hydrogen-bond donors (Lipinski definition) is 1. The van der Waals surface area contributed by atoms with E-state index < -0.39 is 0 Å². The minimum atomic E-state index is 0. The Kier molecular flexibility index (Phi) is 3.66. The standard InChI is InChI=1S/C4H4ClN3.Zn/c5-3-1-2-7-4(6)8-3;/h1-2H,(H2,6,7,8);. The van der Waals surface area contributed by atoms with E-state index in [0.29, 0.717) is 5.15 Å². The predicted molar refractivity (Wildman–Crippen MR) is 31.5 cm³/mol. The van der Waals surface area contributed by atoms with Gasteiger partial charge in [-0.3, -0.25) is 0 Å². The van der Waals surface area contributed by atoms with Crippen LogP contribution in [-0.4, -0.2) is 9.97 Å². The van der Waals surface area contributed by atoms with Crippen molar-refractivity contribution < 1.29 is 19.5 Å². The number of nitrogens with two attached hydrogens (primary N) is 1. The van der Waals surface area contributed by atoms with Crippen LogP contribution in [0.4, 0.5) is 5.95 Å². The van der Waals surface area contributed by atoms with Gasteiger partial charge in [0.25, 0.3) is 0 Å². The van der Waals surface area contributed by atoms with Crippen LogP contribution in [0.2, 0.25) is 5.15 Å². The van der Waals surface area contributed by atoms with Crippen LogP contribution in [0.5, 0.6) is 0 Å². The molecular formula is C4H4ClN3Zn. The first-order valence-electron chi connectivity index (χ1n) is 2.03. The number of halogens is 1. The number of rotatable bonds is 0. The van der Waals surface area contributed by atoms with Gasteiger partial charge in [-0.25, -0.2) is 9.97 Å². The van der Waals surface area contributed by atoms with Crippen LogP contribution in [0.25, 0.3) is 0 Å². The summed E-state index contributed by atoms with van der Waals surface area (Å²) in [6.45, 7) is 0. The van der Waals surface area contributed by atoms with E-state index in [1.165, 1.54) is 6.20 Å². The first kappa shape index (κ1) is 8.79. The fraction of sp³-hybridized carbons (Fsp3) is 0. The Morgan fingerprint density at radius 1 is 1.56 bits per heavy atom. The van der Waals surface area contributed by atoms with Gasteiger partial charge in [-0.1, -0.05) is 11.6 Å². The first-order chi connectivity index (χ1) is 3.79. The zero-order valence-electron chi connectivity index (χ0n) is 4.71. The zero-order valence-corrected chi connectivity index (χ0v) is 8.43. The SMILES string of the molecule is Nc1nccc(Cl)n1.[Zn]. The Morgan fingerprint density at radius 2 is 2.22 bits per heavy atom. The Morgan fingerprint density at radius 3 is 2.56 bits per heavy atom. The third-order valence-electron chi connectivity index (χ3n) is 0.640. The number of anilines is 1. The molecule has 0 aliphatic heterocycles. The fourth-order valence-electron chi connectivity index (χ4n) is 0.351. The predicted octanol–water partition coefficient (Wildman–Crippen LogP) is 0.710. The van der Waals surface area contributed by atoms with Gasteiger partial charge in [-0.05, 0) is 6.07 Å². The second-order valence-corrected chi connectivity index (χ2v) is 1.62. The summed E-state index contributed by atoms with van der Waals surface area (Å²) in [5, 5.41) is 0.373. The average molecular weight is 195 g/mol. The summed E-state index contributed by atoms with van der Waals surface area (Å²) < 4.78 is 0. The van der Waals surface area contributed by atoms with E-state index in [1.807, 2.05) is 0 Å². The molecule has 9 heavy (non-hydrogen) atoms.